The van der Waals surface area contributed by atoms with E-state index in [-0.39, 0.29) is 11.9 Å². The molecule has 1 aromatic carbocycles. The van der Waals surface area contributed by atoms with E-state index in [0.29, 0.717) is 28.4 Å². The second kappa shape index (κ2) is 6.24. The molecule has 2 fully saturated rings. The Morgan fingerprint density at radius 3 is 2.95 bits per heavy atom. The van der Waals surface area contributed by atoms with Gasteiger partial charge in [0.1, 0.15) is 5.75 Å². The van der Waals surface area contributed by atoms with E-state index in [1.807, 2.05) is 0 Å². The van der Waals surface area contributed by atoms with Crippen LogP contribution in [0.15, 0.2) is 18.2 Å². The van der Waals surface area contributed by atoms with Gasteiger partial charge in [0.05, 0.1) is 18.8 Å². The van der Waals surface area contributed by atoms with Gasteiger partial charge in [-0.05, 0) is 43.4 Å². The normalized spacial score (nSPS) is 28.0. The Balaban J connectivity index is 1.68. The first-order valence-corrected chi connectivity index (χ1v) is 7.95. The van der Waals surface area contributed by atoms with Crippen LogP contribution < -0.4 is 15.4 Å². The molecular formula is C16H21ClN2O2. The van der Waals surface area contributed by atoms with Crippen molar-refractivity contribution in [3.8, 4) is 5.75 Å². The minimum atomic E-state index is -0.109. The van der Waals surface area contributed by atoms with Crippen molar-refractivity contribution in [1.82, 2.24) is 5.32 Å². The van der Waals surface area contributed by atoms with E-state index in [0.717, 1.165) is 6.42 Å². The summed E-state index contributed by atoms with van der Waals surface area (Å²) in [6, 6.07) is 5.64. The number of fused-ring (bicyclic) bond motifs is 1. The summed E-state index contributed by atoms with van der Waals surface area (Å²) in [5, 5.41) is 7.00. The lowest BCUT2D eigenvalue weighted by atomic mass is 9.85. The number of rotatable bonds is 3. The molecule has 2 aliphatic rings. The highest BCUT2D eigenvalue weighted by Gasteiger charge is 2.38. The molecule has 1 saturated carbocycles. The Hall–Kier alpha value is -1.26. The van der Waals surface area contributed by atoms with Gasteiger partial charge in [0.2, 0.25) is 5.91 Å². The zero-order valence-electron chi connectivity index (χ0n) is 12.2. The first-order valence-electron chi connectivity index (χ1n) is 7.58. The van der Waals surface area contributed by atoms with Gasteiger partial charge in [-0.2, -0.15) is 0 Å². The quantitative estimate of drug-likeness (QED) is 0.901. The smallest absolute Gasteiger partial charge is 0.241 e. The highest BCUT2D eigenvalue weighted by Crippen LogP contribution is 2.34. The molecule has 3 unspecified atom stereocenters. The van der Waals surface area contributed by atoms with E-state index < -0.39 is 0 Å². The SMILES string of the molecule is COc1ccc(Cl)cc1NC(=O)C1CC2CCCCC2N1. The molecule has 0 spiro atoms. The lowest BCUT2D eigenvalue weighted by Crippen LogP contribution is -2.39. The van der Waals surface area contributed by atoms with Crippen LogP contribution in [0.5, 0.6) is 5.75 Å². The number of nitrogens with one attached hydrogen (secondary N) is 2. The fourth-order valence-electron chi connectivity index (χ4n) is 3.52. The van der Waals surface area contributed by atoms with Crippen LogP contribution in [0.3, 0.4) is 0 Å². The second-order valence-electron chi connectivity index (χ2n) is 5.94. The number of anilines is 1. The van der Waals surface area contributed by atoms with Gasteiger partial charge in [-0.25, -0.2) is 0 Å². The largest absolute Gasteiger partial charge is 0.495 e. The van der Waals surface area contributed by atoms with Gasteiger partial charge < -0.3 is 15.4 Å². The zero-order chi connectivity index (χ0) is 14.8. The Morgan fingerprint density at radius 2 is 2.19 bits per heavy atom. The summed E-state index contributed by atoms with van der Waals surface area (Å²) >= 11 is 5.99. The van der Waals surface area contributed by atoms with E-state index in [2.05, 4.69) is 10.6 Å². The van der Waals surface area contributed by atoms with Crippen LogP contribution in [0.1, 0.15) is 32.1 Å². The third kappa shape index (κ3) is 3.16. The summed E-state index contributed by atoms with van der Waals surface area (Å²) in [5.74, 6) is 1.28. The average Bonchev–Trinajstić information content (AvgIpc) is 2.91. The molecule has 1 aromatic rings. The zero-order valence-corrected chi connectivity index (χ0v) is 13.0. The molecule has 1 amide bonds. The number of halogens is 1. The minimum absolute atomic E-state index is 0.00460. The fourth-order valence-corrected chi connectivity index (χ4v) is 3.69. The molecule has 2 N–H and O–H groups in total. The molecule has 3 rings (SSSR count). The number of hydrogen-bond donors (Lipinski definition) is 2. The van der Waals surface area contributed by atoms with Gasteiger partial charge >= 0.3 is 0 Å². The van der Waals surface area contributed by atoms with Crippen molar-refractivity contribution in [2.75, 3.05) is 12.4 Å². The first kappa shape index (κ1) is 14.7. The lowest BCUT2D eigenvalue weighted by molar-refractivity contribution is -0.117. The molecule has 114 valence electrons. The first-order chi connectivity index (χ1) is 10.2. The summed E-state index contributed by atoms with van der Waals surface area (Å²) in [7, 11) is 1.58. The van der Waals surface area contributed by atoms with E-state index in [1.165, 1.54) is 25.7 Å². The Labute approximate surface area is 130 Å². The number of ether oxygens (including phenoxy) is 1. The minimum Gasteiger partial charge on any atom is -0.495 e. The molecule has 1 heterocycles. The van der Waals surface area contributed by atoms with Gasteiger partial charge in [-0.1, -0.05) is 24.4 Å². The van der Waals surface area contributed by atoms with E-state index in [1.54, 1.807) is 25.3 Å². The maximum atomic E-state index is 12.5. The molecule has 0 bridgehead atoms. The predicted molar refractivity (Wildman–Crippen MR) is 83.9 cm³/mol. The predicted octanol–water partition coefficient (Wildman–Crippen LogP) is 3.21. The van der Waals surface area contributed by atoms with Crippen LogP contribution in [0.25, 0.3) is 0 Å². The molecule has 3 atom stereocenters. The van der Waals surface area contributed by atoms with Crippen molar-refractivity contribution in [3.05, 3.63) is 23.2 Å². The van der Waals surface area contributed by atoms with Crippen LogP contribution >= 0.6 is 11.6 Å². The lowest BCUT2D eigenvalue weighted by Gasteiger charge is -2.24. The maximum Gasteiger partial charge on any atom is 0.241 e. The van der Waals surface area contributed by atoms with Crippen molar-refractivity contribution in [3.63, 3.8) is 0 Å². The van der Waals surface area contributed by atoms with Crippen LogP contribution in [0, 0.1) is 5.92 Å². The highest BCUT2D eigenvalue weighted by molar-refractivity contribution is 6.31. The van der Waals surface area contributed by atoms with Gasteiger partial charge in [0.15, 0.2) is 0 Å². The van der Waals surface area contributed by atoms with Crippen molar-refractivity contribution < 1.29 is 9.53 Å². The molecule has 0 aromatic heterocycles. The Bertz CT molecular complexity index is 521. The van der Waals surface area contributed by atoms with E-state index >= 15 is 0 Å². The summed E-state index contributed by atoms with van der Waals surface area (Å²) in [4.78, 5) is 12.5. The fraction of sp³-hybridized carbons (Fsp3) is 0.562. The second-order valence-corrected chi connectivity index (χ2v) is 6.38. The summed E-state index contributed by atoms with van der Waals surface area (Å²) < 4.78 is 5.26. The number of amides is 1. The van der Waals surface area contributed by atoms with Crippen LogP contribution in [0.2, 0.25) is 5.02 Å². The van der Waals surface area contributed by atoms with Gasteiger partial charge in [0.25, 0.3) is 0 Å². The van der Waals surface area contributed by atoms with Crippen LogP contribution in [-0.2, 0) is 4.79 Å². The molecule has 5 heteroatoms. The van der Waals surface area contributed by atoms with Gasteiger partial charge in [-0.3, -0.25) is 4.79 Å². The molecular weight excluding hydrogens is 288 g/mol. The third-order valence-electron chi connectivity index (χ3n) is 4.60. The number of methoxy groups -OCH3 is 1. The Morgan fingerprint density at radius 1 is 1.38 bits per heavy atom. The summed E-state index contributed by atoms with van der Waals surface area (Å²) in [5.41, 5.74) is 0.631. The standard InChI is InChI=1S/C16H21ClN2O2/c1-21-15-7-6-11(17)9-13(15)19-16(20)14-8-10-4-2-3-5-12(10)18-14/h6-7,9-10,12,14,18H,2-5,8H2,1H3,(H,19,20). The van der Waals surface area contributed by atoms with Crippen molar-refractivity contribution in [2.24, 2.45) is 5.92 Å². The molecule has 21 heavy (non-hydrogen) atoms. The highest BCUT2D eigenvalue weighted by atomic mass is 35.5. The summed E-state index contributed by atoms with van der Waals surface area (Å²) in [6.45, 7) is 0. The number of carbonyl (C=O) groups excluding carboxylic acids is 1. The van der Waals surface area contributed by atoms with Crippen molar-refractivity contribution in [1.29, 1.82) is 0 Å². The van der Waals surface area contributed by atoms with Crippen molar-refractivity contribution in [2.45, 2.75) is 44.2 Å². The maximum absolute atomic E-state index is 12.5. The van der Waals surface area contributed by atoms with Gasteiger partial charge in [-0.15, -0.1) is 0 Å². The Kier molecular flexibility index (Phi) is 4.36. The van der Waals surface area contributed by atoms with E-state index in [4.69, 9.17) is 16.3 Å². The average molecular weight is 309 g/mol. The van der Waals surface area contributed by atoms with Crippen LogP contribution in [-0.4, -0.2) is 25.1 Å². The van der Waals surface area contributed by atoms with Gasteiger partial charge in [0, 0.05) is 11.1 Å². The molecule has 4 nitrogen and oxygen atoms in total. The molecule has 0 radical (unpaired) electrons. The number of benzene rings is 1. The van der Waals surface area contributed by atoms with Crippen molar-refractivity contribution >= 4 is 23.2 Å². The summed E-state index contributed by atoms with van der Waals surface area (Å²) in [6.07, 6.45) is 5.92. The monoisotopic (exact) mass is 308 g/mol. The molecule has 1 saturated heterocycles. The van der Waals surface area contributed by atoms with Crippen LogP contribution in [0.4, 0.5) is 5.69 Å². The molecule has 1 aliphatic heterocycles. The third-order valence-corrected chi connectivity index (χ3v) is 4.83. The molecule has 1 aliphatic carbocycles. The topological polar surface area (TPSA) is 50.4 Å². The number of hydrogen-bond acceptors (Lipinski definition) is 3. The number of carbonyl (C=O) groups is 1. The van der Waals surface area contributed by atoms with E-state index in [9.17, 15) is 4.79 Å².